The van der Waals surface area contributed by atoms with Gasteiger partial charge in [-0.05, 0) is 23.8 Å². The van der Waals surface area contributed by atoms with Gasteiger partial charge in [0.15, 0.2) is 0 Å². The van der Waals surface area contributed by atoms with E-state index in [1.165, 1.54) is 19.2 Å². The SMILES string of the molecule is COc1ccc([N+](=O)[O-])cc1NCc1cccc(Cl)c1. The average Bonchev–Trinajstić information content (AvgIpc) is 2.44. The molecule has 6 heteroatoms. The van der Waals surface area contributed by atoms with Gasteiger partial charge in [0.1, 0.15) is 5.75 Å². The molecule has 0 atom stereocenters. The van der Waals surface area contributed by atoms with Crippen molar-refractivity contribution in [2.24, 2.45) is 0 Å². The van der Waals surface area contributed by atoms with Crippen LogP contribution in [0, 0.1) is 10.1 Å². The lowest BCUT2D eigenvalue weighted by Crippen LogP contribution is -2.02. The smallest absolute Gasteiger partial charge is 0.271 e. The summed E-state index contributed by atoms with van der Waals surface area (Å²) in [4.78, 5) is 10.4. The van der Waals surface area contributed by atoms with Crippen molar-refractivity contribution in [3.8, 4) is 5.75 Å². The number of ether oxygens (including phenoxy) is 1. The summed E-state index contributed by atoms with van der Waals surface area (Å²) < 4.78 is 5.18. The molecule has 0 heterocycles. The highest BCUT2D eigenvalue weighted by atomic mass is 35.5. The zero-order valence-corrected chi connectivity index (χ0v) is 11.6. The Morgan fingerprint density at radius 3 is 2.75 bits per heavy atom. The lowest BCUT2D eigenvalue weighted by atomic mass is 10.2. The van der Waals surface area contributed by atoms with E-state index in [2.05, 4.69) is 5.32 Å². The molecule has 0 aliphatic carbocycles. The van der Waals surface area contributed by atoms with Gasteiger partial charge in [0.2, 0.25) is 0 Å². The second kappa shape index (κ2) is 6.25. The maximum atomic E-state index is 10.8. The first-order chi connectivity index (χ1) is 9.60. The van der Waals surface area contributed by atoms with E-state index >= 15 is 0 Å². The van der Waals surface area contributed by atoms with Crippen LogP contribution in [0.25, 0.3) is 0 Å². The van der Waals surface area contributed by atoms with Crippen molar-refractivity contribution in [1.82, 2.24) is 0 Å². The molecule has 2 aromatic rings. The van der Waals surface area contributed by atoms with Gasteiger partial charge in [-0.25, -0.2) is 0 Å². The number of nitrogens with one attached hydrogen (secondary N) is 1. The lowest BCUT2D eigenvalue weighted by Gasteiger charge is -2.11. The summed E-state index contributed by atoms with van der Waals surface area (Å²) in [5, 5.41) is 14.6. The molecule has 0 amide bonds. The van der Waals surface area contributed by atoms with E-state index in [1.807, 2.05) is 18.2 Å². The van der Waals surface area contributed by atoms with Gasteiger partial charge in [-0.1, -0.05) is 23.7 Å². The fourth-order valence-corrected chi connectivity index (χ4v) is 2.00. The fraction of sp³-hybridized carbons (Fsp3) is 0.143. The van der Waals surface area contributed by atoms with E-state index in [-0.39, 0.29) is 5.69 Å². The number of hydrogen-bond acceptors (Lipinski definition) is 4. The van der Waals surface area contributed by atoms with E-state index in [0.717, 1.165) is 5.56 Å². The Balaban J connectivity index is 2.19. The summed E-state index contributed by atoms with van der Waals surface area (Å²) in [5.41, 5.74) is 1.56. The topological polar surface area (TPSA) is 64.4 Å². The molecule has 2 aromatic carbocycles. The minimum Gasteiger partial charge on any atom is -0.495 e. The third-order valence-electron chi connectivity index (χ3n) is 2.77. The van der Waals surface area contributed by atoms with Crippen LogP contribution in [0.4, 0.5) is 11.4 Å². The Bertz CT molecular complexity index is 632. The Morgan fingerprint density at radius 1 is 1.30 bits per heavy atom. The highest BCUT2D eigenvalue weighted by Crippen LogP contribution is 2.29. The van der Waals surface area contributed by atoms with E-state index in [1.54, 1.807) is 12.1 Å². The zero-order chi connectivity index (χ0) is 14.5. The van der Waals surface area contributed by atoms with Crippen molar-refractivity contribution in [2.75, 3.05) is 12.4 Å². The molecule has 0 aromatic heterocycles. The summed E-state index contributed by atoms with van der Waals surface area (Å²) in [5.74, 6) is 0.553. The van der Waals surface area contributed by atoms with Crippen LogP contribution in [0.5, 0.6) is 5.75 Å². The third-order valence-corrected chi connectivity index (χ3v) is 3.00. The number of halogens is 1. The number of benzene rings is 2. The summed E-state index contributed by atoms with van der Waals surface area (Å²) in [6, 6.07) is 11.8. The number of nitro benzene ring substituents is 1. The first kappa shape index (κ1) is 14.1. The van der Waals surface area contributed by atoms with Crippen molar-refractivity contribution < 1.29 is 9.66 Å². The monoisotopic (exact) mass is 292 g/mol. The minimum absolute atomic E-state index is 0.0133. The maximum Gasteiger partial charge on any atom is 0.271 e. The van der Waals surface area contributed by atoms with Gasteiger partial charge in [-0.2, -0.15) is 0 Å². The number of anilines is 1. The van der Waals surface area contributed by atoms with Gasteiger partial charge in [-0.3, -0.25) is 10.1 Å². The lowest BCUT2D eigenvalue weighted by molar-refractivity contribution is -0.384. The zero-order valence-electron chi connectivity index (χ0n) is 10.8. The molecule has 0 saturated carbocycles. The Hall–Kier alpha value is -2.27. The second-order valence-electron chi connectivity index (χ2n) is 4.13. The van der Waals surface area contributed by atoms with Crippen molar-refractivity contribution >= 4 is 23.0 Å². The van der Waals surface area contributed by atoms with Gasteiger partial charge >= 0.3 is 0 Å². The first-order valence-corrected chi connectivity index (χ1v) is 6.28. The number of nitrogens with zero attached hydrogens (tertiary/aromatic N) is 1. The van der Waals surface area contributed by atoms with Gasteiger partial charge in [0.25, 0.3) is 5.69 Å². The number of rotatable bonds is 5. The average molecular weight is 293 g/mol. The Kier molecular flexibility index (Phi) is 4.42. The van der Waals surface area contributed by atoms with Gasteiger partial charge in [0.05, 0.1) is 17.7 Å². The summed E-state index contributed by atoms with van der Waals surface area (Å²) in [7, 11) is 1.52. The van der Waals surface area contributed by atoms with Crippen LogP contribution in [0.1, 0.15) is 5.56 Å². The Morgan fingerprint density at radius 2 is 2.10 bits per heavy atom. The summed E-state index contributed by atoms with van der Waals surface area (Å²) in [6.07, 6.45) is 0. The summed E-state index contributed by atoms with van der Waals surface area (Å²) in [6.45, 7) is 0.498. The van der Waals surface area contributed by atoms with Gasteiger partial charge < -0.3 is 10.1 Å². The Labute approximate surface area is 121 Å². The number of non-ortho nitro benzene ring substituents is 1. The molecular weight excluding hydrogens is 280 g/mol. The standard InChI is InChI=1S/C14H13ClN2O3/c1-20-14-6-5-12(17(18)19)8-13(14)16-9-10-3-2-4-11(15)7-10/h2-8,16H,9H2,1H3. The van der Waals surface area contributed by atoms with Gasteiger partial charge in [0, 0.05) is 23.7 Å². The van der Waals surface area contributed by atoms with Crippen molar-refractivity contribution in [2.45, 2.75) is 6.54 Å². The van der Waals surface area contributed by atoms with Crippen LogP contribution in [0.3, 0.4) is 0 Å². The predicted octanol–water partition coefficient (Wildman–Crippen LogP) is 3.87. The maximum absolute atomic E-state index is 10.8. The fourth-order valence-electron chi connectivity index (χ4n) is 1.79. The molecule has 0 fully saturated rings. The summed E-state index contributed by atoms with van der Waals surface area (Å²) >= 11 is 5.91. The molecule has 0 aliphatic rings. The number of hydrogen-bond donors (Lipinski definition) is 1. The van der Waals surface area contributed by atoms with Crippen LogP contribution >= 0.6 is 11.6 Å². The molecule has 0 spiro atoms. The largest absolute Gasteiger partial charge is 0.495 e. The normalized spacial score (nSPS) is 10.1. The van der Waals surface area contributed by atoms with E-state index < -0.39 is 4.92 Å². The second-order valence-corrected chi connectivity index (χ2v) is 4.56. The quantitative estimate of drug-likeness (QED) is 0.671. The van der Waals surface area contributed by atoms with E-state index in [9.17, 15) is 10.1 Å². The first-order valence-electron chi connectivity index (χ1n) is 5.91. The molecular formula is C14H13ClN2O3. The third kappa shape index (κ3) is 3.39. The molecule has 5 nitrogen and oxygen atoms in total. The van der Waals surface area contributed by atoms with Crippen molar-refractivity contribution in [3.63, 3.8) is 0 Å². The molecule has 0 radical (unpaired) electrons. The predicted molar refractivity (Wildman–Crippen MR) is 78.4 cm³/mol. The highest BCUT2D eigenvalue weighted by molar-refractivity contribution is 6.30. The van der Waals surface area contributed by atoms with E-state index in [0.29, 0.717) is 23.0 Å². The van der Waals surface area contributed by atoms with Crippen molar-refractivity contribution in [3.05, 3.63) is 63.2 Å². The minimum atomic E-state index is -0.440. The van der Waals surface area contributed by atoms with Crippen molar-refractivity contribution in [1.29, 1.82) is 0 Å². The van der Waals surface area contributed by atoms with Crippen LogP contribution < -0.4 is 10.1 Å². The number of nitro groups is 1. The molecule has 1 N–H and O–H groups in total. The van der Waals surface area contributed by atoms with Crippen LogP contribution in [0.2, 0.25) is 5.02 Å². The van der Waals surface area contributed by atoms with Crippen LogP contribution in [0.15, 0.2) is 42.5 Å². The highest BCUT2D eigenvalue weighted by Gasteiger charge is 2.11. The van der Waals surface area contributed by atoms with E-state index in [4.69, 9.17) is 16.3 Å². The molecule has 0 bridgehead atoms. The molecule has 104 valence electrons. The molecule has 2 rings (SSSR count). The molecule has 0 saturated heterocycles. The van der Waals surface area contributed by atoms with Gasteiger partial charge in [-0.15, -0.1) is 0 Å². The number of methoxy groups -OCH3 is 1. The van der Waals surface area contributed by atoms with Crippen LogP contribution in [-0.4, -0.2) is 12.0 Å². The molecule has 0 unspecified atom stereocenters. The molecule has 0 aliphatic heterocycles. The molecule has 20 heavy (non-hydrogen) atoms. The van der Waals surface area contributed by atoms with Crippen LogP contribution in [-0.2, 0) is 6.54 Å².